The van der Waals surface area contributed by atoms with Crippen LogP contribution in [0.2, 0.25) is 0 Å². The monoisotopic (exact) mass is 1680 g/mol. The van der Waals surface area contributed by atoms with Crippen LogP contribution in [0.15, 0.2) is 24.3 Å². The fourth-order valence-corrected chi connectivity index (χ4v) is 16.3. The number of allylic oxidation sites excluding steroid dienone is 4. The zero-order valence-corrected chi connectivity index (χ0v) is 73.4. The molecule has 116 heavy (non-hydrogen) atoms. The molecule has 10 N–H and O–H groups in total. The first-order chi connectivity index (χ1) is 56.1. The second kappa shape index (κ2) is 68.4. The lowest BCUT2D eigenvalue weighted by Gasteiger charge is -2.50. The fourth-order valence-electron chi connectivity index (χ4n) is 15.3. The van der Waals surface area contributed by atoms with Gasteiger partial charge in [0.2, 0.25) is 0 Å². The number of rotatable bonds is 74. The second-order valence-electron chi connectivity index (χ2n) is 33.4. The molecule has 3 aliphatic rings. The van der Waals surface area contributed by atoms with E-state index in [9.17, 15) is 74.6 Å². The molecule has 3 rings (SSSR count). The number of phosphoric ester groups is 1. The van der Waals surface area contributed by atoms with Crippen LogP contribution >= 0.6 is 7.82 Å². The summed E-state index contributed by atoms with van der Waals surface area (Å²) in [6.45, 7) is 7.87. The molecule has 2 heterocycles. The summed E-state index contributed by atoms with van der Waals surface area (Å²) in [4.78, 5) is 66.4. The highest BCUT2D eigenvalue weighted by molar-refractivity contribution is 7.47. The van der Waals surface area contributed by atoms with Gasteiger partial charge in [0.15, 0.2) is 24.8 Å². The van der Waals surface area contributed by atoms with E-state index < -0.39 is 162 Å². The Hall–Kier alpha value is -3.05. The summed E-state index contributed by atoms with van der Waals surface area (Å²) in [5.41, 5.74) is 0. The van der Waals surface area contributed by atoms with Gasteiger partial charge in [0.1, 0.15) is 92.6 Å². The average Bonchev–Trinajstić information content (AvgIpc) is 0.754. The number of hydrogen-bond acceptors (Lipinski definition) is 24. The molecule has 0 aromatic carbocycles. The molecule has 19 unspecified atom stereocenters. The zero-order chi connectivity index (χ0) is 84.8. The molecular formula is C90H165O25P. The summed E-state index contributed by atoms with van der Waals surface area (Å²) in [5, 5.41) is 102. The minimum absolute atomic E-state index is 0.0142. The number of aliphatic hydroxyl groups excluding tert-OH is 9. The van der Waals surface area contributed by atoms with Gasteiger partial charge in [-0.2, -0.15) is 0 Å². The number of ether oxygens (including phenoxy) is 8. The van der Waals surface area contributed by atoms with Crippen LogP contribution in [0.5, 0.6) is 0 Å². The first-order valence-electron chi connectivity index (χ1n) is 46.5. The number of phosphoric acid groups is 1. The van der Waals surface area contributed by atoms with E-state index in [2.05, 4.69) is 58.9 Å². The molecule has 26 heteroatoms. The van der Waals surface area contributed by atoms with Crippen molar-refractivity contribution in [2.45, 2.75) is 492 Å². The SMILES string of the molecule is CCCCCC/C=C\CCCCCCCCCC(=O)OCC(COP(=O)(O)OC1C(OC2OC(CO)C(O)C(O)C2O)C(O)C(O)C(OC(=O)CCCCCCCCCCCCCCC)C1OC1OC(COC(=O)CCCCCCCCC(C)CCCCCCCC)C(O)C(O)C1O)OC(=O)CCCCC/C=C\CCCCCCCC. The second-order valence-corrected chi connectivity index (χ2v) is 34.8. The Morgan fingerprint density at radius 2 is 0.698 bits per heavy atom. The van der Waals surface area contributed by atoms with E-state index in [4.69, 9.17) is 46.9 Å². The summed E-state index contributed by atoms with van der Waals surface area (Å²) in [5.74, 6) is -2.30. The van der Waals surface area contributed by atoms with Crippen LogP contribution in [0.1, 0.15) is 388 Å². The molecule has 0 aromatic heterocycles. The maximum Gasteiger partial charge on any atom is 0.472 e. The summed E-state index contributed by atoms with van der Waals surface area (Å²) in [6.07, 6.45) is 26.2. The van der Waals surface area contributed by atoms with Crippen LogP contribution < -0.4 is 0 Å². The van der Waals surface area contributed by atoms with Crippen LogP contribution in [-0.4, -0.2) is 205 Å². The molecule has 0 bridgehead atoms. The molecule has 2 saturated heterocycles. The van der Waals surface area contributed by atoms with Crippen LogP contribution in [0.3, 0.4) is 0 Å². The van der Waals surface area contributed by atoms with Gasteiger partial charge in [-0.3, -0.25) is 28.2 Å². The van der Waals surface area contributed by atoms with Crippen LogP contribution in [0.4, 0.5) is 0 Å². The molecule has 0 radical (unpaired) electrons. The van der Waals surface area contributed by atoms with Gasteiger partial charge in [0.05, 0.1) is 13.2 Å². The maximum atomic E-state index is 14.9. The lowest BCUT2D eigenvalue weighted by Crippen LogP contribution is -2.70. The van der Waals surface area contributed by atoms with E-state index in [0.717, 1.165) is 141 Å². The highest BCUT2D eigenvalue weighted by Gasteiger charge is 2.60. The standard InChI is InChI=1S/C90H165O25P/c1-6-10-14-18-22-25-28-31-32-35-36-39-42-49-55-61-73(92)106-66-70(109-75(94)63-57-51-43-40-37-33-29-26-23-19-15-11-7-2)67-108-116(104,105)115-88-86(113-89-83(102)79(98)77(96)71(65-91)110-89)82(101)81(100)85(112-76(95)64-58-52-44-41-38-34-30-27-24-20-16-12-8-3)87(88)114-90-84(103)80(99)78(97)72(111-90)68-107-74(93)62-56-50-46-45-48-54-60-69(5)59-53-47-21-17-13-9-4/h25,28,33,37,69-72,77-91,96-103H,6-24,26-27,29-32,34-36,38-68H2,1-5H3,(H,104,105)/b28-25-,37-33-. The highest BCUT2D eigenvalue weighted by Crippen LogP contribution is 2.49. The Bertz CT molecular complexity index is 2530. The van der Waals surface area contributed by atoms with Gasteiger partial charge in [0, 0.05) is 25.7 Å². The van der Waals surface area contributed by atoms with Gasteiger partial charge in [-0.05, 0) is 83.0 Å². The lowest BCUT2D eigenvalue weighted by molar-refractivity contribution is -0.360. The smallest absolute Gasteiger partial charge is 0.463 e. The number of carbonyl (C=O) groups excluding carboxylic acids is 4. The lowest BCUT2D eigenvalue weighted by atomic mass is 9.84. The van der Waals surface area contributed by atoms with Crippen molar-refractivity contribution in [2.75, 3.05) is 26.4 Å². The molecular weight excluding hydrogens is 1510 g/mol. The fraction of sp³-hybridized carbons (Fsp3) is 0.911. The van der Waals surface area contributed by atoms with Crippen LogP contribution in [-0.2, 0) is 70.7 Å². The number of hydrogen-bond donors (Lipinski definition) is 10. The van der Waals surface area contributed by atoms with Gasteiger partial charge in [-0.15, -0.1) is 0 Å². The third-order valence-corrected chi connectivity index (χ3v) is 23.8. The van der Waals surface area contributed by atoms with E-state index >= 15 is 0 Å². The summed E-state index contributed by atoms with van der Waals surface area (Å²) in [7, 11) is -5.81. The van der Waals surface area contributed by atoms with E-state index in [-0.39, 0.29) is 25.7 Å². The van der Waals surface area contributed by atoms with Crippen molar-refractivity contribution in [1.82, 2.24) is 0 Å². The Labute approximate surface area is 698 Å². The minimum atomic E-state index is -5.81. The number of esters is 4. The predicted octanol–water partition coefficient (Wildman–Crippen LogP) is 16.8. The van der Waals surface area contributed by atoms with E-state index in [1.54, 1.807) is 0 Å². The molecule has 680 valence electrons. The van der Waals surface area contributed by atoms with Gasteiger partial charge in [-0.1, -0.05) is 309 Å². The normalized spacial score (nSPS) is 25.5. The van der Waals surface area contributed by atoms with Crippen molar-refractivity contribution in [1.29, 1.82) is 0 Å². The molecule has 0 spiro atoms. The molecule has 19 atom stereocenters. The largest absolute Gasteiger partial charge is 0.472 e. The average molecular weight is 1680 g/mol. The summed E-state index contributed by atoms with van der Waals surface area (Å²) in [6, 6.07) is 0. The van der Waals surface area contributed by atoms with Crippen molar-refractivity contribution in [2.24, 2.45) is 5.92 Å². The van der Waals surface area contributed by atoms with Gasteiger partial charge in [-0.25, -0.2) is 4.57 Å². The van der Waals surface area contributed by atoms with Gasteiger partial charge < -0.3 is 88.7 Å². The van der Waals surface area contributed by atoms with E-state index in [1.165, 1.54) is 148 Å². The van der Waals surface area contributed by atoms with Crippen LogP contribution in [0, 0.1) is 5.92 Å². The Kier molecular flexibility index (Phi) is 63.2. The molecule has 25 nitrogen and oxygen atoms in total. The predicted molar refractivity (Wildman–Crippen MR) is 449 cm³/mol. The van der Waals surface area contributed by atoms with Gasteiger partial charge >= 0.3 is 31.7 Å². The molecule has 3 fully saturated rings. The Balaban J connectivity index is 1.93. The summed E-state index contributed by atoms with van der Waals surface area (Å²) < 4.78 is 73.4. The van der Waals surface area contributed by atoms with Crippen molar-refractivity contribution >= 4 is 31.7 Å². The first kappa shape index (κ1) is 107. The highest BCUT2D eigenvalue weighted by atomic mass is 31.2. The Morgan fingerprint density at radius 3 is 1.13 bits per heavy atom. The first-order valence-corrected chi connectivity index (χ1v) is 48.0. The summed E-state index contributed by atoms with van der Waals surface area (Å²) >= 11 is 0. The number of aliphatic hydroxyl groups is 9. The molecule has 1 aliphatic carbocycles. The molecule has 1 saturated carbocycles. The molecule has 0 aromatic rings. The zero-order valence-electron chi connectivity index (χ0n) is 72.5. The van der Waals surface area contributed by atoms with Crippen molar-refractivity contribution in [3.8, 4) is 0 Å². The van der Waals surface area contributed by atoms with Crippen molar-refractivity contribution < 1.29 is 122 Å². The van der Waals surface area contributed by atoms with Crippen molar-refractivity contribution in [3.63, 3.8) is 0 Å². The van der Waals surface area contributed by atoms with E-state index in [1.807, 2.05) is 0 Å². The Morgan fingerprint density at radius 1 is 0.362 bits per heavy atom. The van der Waals surface area contributed by atoms with E-state index in [0.29, 0.717) is 44.4 Å². The molecule has 2 aliphatic heterocycles. The maximum absolute atomic E-state index is 14.9. The quantitative estimate of drug-likeness (QED) is 0.00889. The minimum Gasteiger partial charge on any atom is -0.463 e. The number of carbonyl (C=O) groups is 4. The number of unbranched alkanes of at least 4 members (excludes halogenated alkanes) is 42. The third kappa shape index (κ3) is 48.7. The van der Waals surface area contributed by atoms with Crippen molar-refractivity contribution in [3.05, 3.63) is 24.3 Å². The van der Waals surface area contributed by atoms with Gasteiger partial charge in [0.25, 0.3) is 0 Å². The van der Waals surface area contributed by atoms with Crippen LogP contribution in [0.25, 0.3) is 0 Å². The molecule has 0 amide bonds. The third-order valence-electron chi connectivity index (χ3n) is 22.8. The topological polar surface area (TPSA) is 380 Å².